The molecule has 0 radical (unpaired) electrons. The summed E-state index contributed by atoms with van der Waals surface area (Å²) in [4.78, 5) is 4.47. The number of thioether (sulfide) groups is 1. The highest BCUT2D eigenvalue weighted by molar-refractivity contribution is 7.99. The van der Waals surface area contributed by atoms with Crippen molar-refractivity contribution < 1.29 is 9.52 Å². The number of likely N-dealkylation sites (N-methyl/N-ethyl adjacent to an activating group) is 1. The lowest BCUT2D eigenvalue weighted by Gasteiger charge is -2.30. The number of aliphatic hydroxyl groups excluding tert-OH is 1. The van der Waals surface area contributed by atoms with E-state index in [1.54, 1.807) is 11.8 Å². The van der Waals surface area contributed by atoms with Crippen LogP contribution >= 0.6 is 11.8 Å². The molecule has 0 fully saturated rings. The molecule has 0 saturated heterocycles. The highest BCUT2D eigenvalue weighted by atomic mass is 32.2. The Morgan fingerprint density at radius 2 is 2.20 bits per heavy atom. The first-order valence-corrected chi connectivity index (χ1v) is 7.82. The van der Waals surface area contributed by atoms with Crippen molar-refractivity contribution in [2.75, 3.05) is 13.2 Å². The summed E-state index contributed by atoms with van der Waals surface area (Å²) in [5.41, 5.74) is 1.45. The number of nitrogens with one attached hydrogen (secondary N) is 1. The zero-order valence-electron chi connectivity index (χ0n) is 12.2. The van der Waals surface area contributed by atoms with Gasteiger partial charge in [0, 0.05) is 10.8 Å². The molecule has 2 N–H and O–H groups in total. The summed E-state index contributed by atoms with van der Waals surface area (Å²) in [6, 6.07) is 7.77. The SMILES string of the molecule is CCNC(C)(CO)CC(C)Sc1nc2ccccc2o1. The van der Waals surface area contributed by atoms with Gasteiger partial charge in [-0.25, -0.2) is 4.98 Å². The Kier molecular flexibility index (Phi) is 5.07. The fraction of sp³-hybridized carbons (Fsp3) is 0.533. The van der Waals surface area contributed by atoms with E-state index < -0.39 is 0 Å². The Morgan fingerprint density at radius 3 is 2.85 bits per heavy atom. The summed E-state index contributed by atoms with van der Waals surface area (Å²) in [6.45, 7) is 7.19. The molecule has 2 unspecified atom stereocenters. The van der Waals surface area contributed by atoms with E-state index in [9.17, 15) is 5.11 Å². The maximum absolute atomic E-state index is 9.53. The van der Waals surface area contributed by atoms with Gasteiger partial charge in [-0.15, -0.1) is 0 Å². The largest absolute Gasteiger partial charge is 0.431 e. The Bertz CT molecular complexity index is 525. The minimum atomic E-state index is -0.257. The molecule has 2 atom stereocenters. The zero-order chi connectivity index (χ0) is 14.6. The molecule has 5 heteroatoms. The van der Waals surface area contributed by atoms with E-state index in [0.717, 1.165) is 24.1 Å². The Balaban J connectivity index is 2.01. The van der Waals surface area contributed by atoms with Crippen LogP contribution in [0, 0.1) is 0 Å². The van der Waals surface area contributed by atoms with Gasteiger partial charge in [-0.05, 0) is 32.0 Å². The quantitative estimate of drug-likeness (QED) is 0.769. The maximum Gasteiger partial charge on any atom is 0.256 e. The molecule has 1 heterocycles. The first-order chi connectivity index (χ1) is 9.56. The first-order valence-electron chi connectivity index (χ1n) is 6.94. The van der Waals surface area contributed by atoms with Gasteiger partial charge in [0.2, 0.25) is 0 Å². The second-order valence-corrected chi connectivity index (χ2v) is 6.72. The number of oxazole rings is 1. The average molecular weight is 294 g/mol. The van der Waals surface area contributed by atoms with Crippen molar-refractivity contribution in [2.45, 2.75) is 43.2 Å². The molecule has 1 aromatic carbocycles. The van der Waals surface area contributed by atoms with Crippen LogP contribution in [0.5, 0.6) is 0 Å². The van der Waals surface area contributed by atoms with Crippen molar-refractivity contribution in [1.29, 1.82) is 0 Å². The lowest BCUT2D eigenvalue weighted by Crippen LogP contribution is -2.47. The summed E-state index contributed by atoms with van der Waals surface area (Å²) < 4.78 is 5.72. The molecule has 0 bridgehead atoms. The van der Waals surface area contributed by atoms with E-state index in [1.165, 1.54) is 0 Å². The third kappa shape index (κ3) is 3.75. The molecule has 2 rings (SSSR count). The topological polar surface area (TPSA) is 58.3 Å². The van der Waals surface area contributed by atoms with Gasteiger partial charge in [0.15, 0.2) is 5.58 Å². The van der Waals surface area contributed by atoms with E-state index in [-0.39, 0.29) is 12.1 Å². The van der Waals surface area contributed by atoms with Gasteiger partial charge in [0.05, 0.1) is 6.61 Å². The number of hydrogen-bond acceptors (Lipinski definition) is 5. The second kappa shape index (κ2) is 6.61. The van der Waals surface area contributed by atoms with Crippen molar-refractivity contribution in [3.05, 3.63) is 24.3 Å². The van der Waals surface area contributed by atoms with Crippen LogP contribution < -0.4 is 5.32 Å². The standard InChI is InChI=1S/C15H22N2O2S/c1-4-16-15(3,10-18)9-11(2)20-14-17-12-7-5-6-8-13(12)19-14/h5-8,11,16,18H,4,9-10H2,1-3H3. The van der Waals surface area contributed by atoms with Crippen LogP contribution in [0.2, 0.25) is 0 Å². The molecule has 110 valence electrons. The molecular formula is C15H22N2O2S. The summed E-state index contributed by atoms with van der Waals surface area (Å²) in [6.07, 6.45) is 0.848. The lowest BCUT2D eigenvalue weighted by molar-refractivity contribution is 0.168. The summed E-state index contributed by atoms with van der Waals surface area (Å²) >= 11 is 1.61. The molecule has 0 spiro atoms. The van der Waals surface area contributed by atoms with Gasteiger partial charge in [0.1, 0.15) is 5.52 Å². The summed E-state index contributed by atoms with van der Waals surface area (Å²) in [5.74, 6) is 0. The van der Waals surface area contributed by atoms with Gasteiger partial charge in [-0.1, -0.05) is 37.7 Å². The number of aromatic nitrogens is 1. The van der Waals surface area contributed by atoms with Gasteiger partial charge in [-0.3, -0.25) is 0 Å². The highest BCUT2D eigenvalue weighted by Gasteiger charge is 2.26. The van der Waals surface area contributed by atoms with Crippen molar-refractivity contribution in [3.8, 4) is 0 Å². The number of benzene rings is 1. The molecule has 4 nitrogen and oxygen atoms in total. The molecule has 0 saturated carbocycles. The van der Waals surface area contributed by atoms with Gasteiger partial charge < -0.3 is 14.8 Å². The van der Waals surface area contributed by atoms with E-state index in [4.69, 9.17) is 4.42 Å². The Morgan fingerprint density at radius 1 is 1.45 bits per heavy atom. The van der Waals surface area contributed by atoms with Crippen LogP contribution in [0.25, 0.3) is 11.1 Å². The van der Waals surface area contributed by atoms with Crippen LogP contribution in [0.3, 0.4) is 0 Å². The Labute approximate surface area is 124 Å². The number of rotatable bonds is 7. The number of aliphatic hydroxyl groups is 1. The summed E-state index contributed by atoms with van der Waals surface area (Å²) in [7, 11) is 0. The molecule has 20 heavy (non-hydrogen) atoms. The minimum Gasteiger partial charge on any atom is -0.431 e. The van der Waals surface area contributed by atoms with Crippen LogP contribution in [-0.2, 0) is 0 Å². The molecule has 0 aliphatic rings. The van der Waals surface area contributed by atoms with E-state index in [2.05, 4.69) is 17.2 Å². The number of para-hydroxylation sites is 2. The van der Waals surface area contributed by atoms with Crippen LogP contribution in [0.15, 0.2) is 33.9 Å². The van der Waals surface area contributed by atoms with E-state index >= 15 is 0 Å². The fourth-order valence-corrected chi connectivity index (χ4v) is 3.45. The van der Waals surface area contributed by atoms with Crippen LogP contribution in [0.1, 0.15) is 27.2 Å². The van der Waals surface area contributed by atoms with Crippen molar-refractivity contribution >= 4 is 22.9 Å². The van der Waals surface area contributed by atoms with E-state index in [0.29, 0.717) is 10.5 Å². The van der Waals surface area contributed by atoms with Gasteiger partial charge in [0.25, 0.3) is 5.22 Å². The number of fused-ring (bicyclic) bond motifs is 1. The molecule has 0 aliphatic heterocycles. The second-order valence-electron chi connectivity index (χ2n) is 5.33. The number of nitrogens with zero attached hydrogens (tertiary/aromatic N) is 1. The molecular weight excluding hydrogens is 272 g/mol. The lowest BCUT2D eigenvalue weighted by atomic mass is 9.97. The van der Waals surface area contributed by atoms with Crippen molar-refractivity contribution in [3.63, 3.8) is 0 Å². The smallest absolute Gasteiger partial charge is 0.256 e. The summed E-state index contributed by atoms with van der Waals surface area (Å²) in [5, 5.41) is 13.9. The average Bonchev–Trinajstić information content (AvgIpc) is 2.80. The Hall–Kier alpha value is -1.04. The molecule has 1 aromatic heterocycles. The van der Waals surface area contributed by atoms with Crippen molar-refractivity contribution in [2.24, 2.45) is 0 Å². The number of hydrogen-bond donors (Lipinski definition) is 2. The molecule has 0 amide bonds. The van der Waals surface area contributed by atoms with E-state index in [1.807, 2.05) is 38.1 Å². The monoisotopic (exact) mass is 294 g/mol. The predicted octanol–water partition coefficient (Wildman–Crippen LogP) is 3.06. The van der Waals surface area contributed by atoms with Crippen LogP contribution in [0.4, 0.5) is 0 Å². The first kappa shape index (κ1) is 15.4. The normalized spacial score (nSPS) is 16.2. The fourth-order valence-electron chi connectivity index (χ4n) is 2.37. The predicted molar refractivity (Wildman–Crippen MR) is 83.1 cm³/mol. The van der Waals surface area contributed by atoms with Crippen LogP contribution in [-0.4, -0.2) is 34.0 Å². The minimum absolute atomic E-state index is 0.124. The zero-order valence-corrected chi connectivity index (χ0v) is 13.0. The van der Waals surface area contributed by atoms with Gasteiger partial charge in [-0.2, -0.15) is 0 Å². The molecule has 0 aliphatic carbocycles. The van der Waals surface area contributed by atoms with Crippen molar-refractivity contribution in [1.82, 2.24) is 10.3 Å². The third-order valence-electron chi connectivity index (χ3n) is 3.27. The maximum atomic E-state index is 9.53. The third-order valence-corrected chi connectivity index (χ3v) is 4.21. The highest BCUT2D eigenvalue weighted by Crippen LogP contribution is 2.30. The molecule has 2 aromatic rings. The van der Waals surface area contributed by atoms with Gasteiger partial charge >= 0.3 is 0 Å².